The van der Waals surface area contributed by atoms with E-state index in [4.69, 9.17) is 14.2 Å². The summed E-state index contributed by atoms with van der Waals surface area (Å²) >= 11 is 0. The van der Waals surface area contributed by atoms with Gasteiger partial charge in [0, 0.05) is 20.6 Å². The summed E-state index contributed by atoms with van der Waals surface area (Å²) in [5, 5.41) is 0. The highest BCUT2D eigenvalue weighted by molar-refractivity contribution is 5.90. The van der Waals surface area contributed by atoms with Crippen molar-refractivity contribution in [3.63, 3.8) is 0 Å². The molecule has 0 amide bonds. The van der Waals surface area contributed by atoms with Crippen LogP contribution in [0.1, 0.15) is 32.1 Å². The van der Waals surface area contributed by atoms with Crippen LogP contribution in [0.5, 0.6) is 0 Å². The number of hydrogen-bond acceptors (Lipinski definition) is 4. The highest BCUT2D eigenvalue weighted by Gasteiger charge is 2.42. The molecule has 2 aliphatic rings. The molecule has 4 atom stereocenters. The van der Waals surface area contributed by atoms with Gasteiger partial charge in [0.15, 0.2) is 5.78 Å². The molecule has 4 unspecified atom stereocenters. The van der Waals surface area contributed by atoms with E-state index in [9.17, 15) is 4.79 Å². The molecule has 2 aliphatic carbocycles. The molecule has 2 rings (SSSR count). The summed E-state index contributed by atoms with van der Waals surface area (Å²) in [4.78, 5) is 11.2. The maximum atomic E-state index is 11.2. The van der Waals surface area contributed by atoms with Crippen molar-refractivity contribution in [3.05, 3.63) is 0 Å². The van der Waals surface area contributed by atoms with Crippen LogP contribution in [0.3, 0.4) is 0 Å². The largest absolute Gasteiger partial charge is 0.381 e. The molecule has 0 aromatic heterocycles. The molecule has 16 heavy (non-hydrogen) atoms. The number of ether oxygens (including phenoxy) is 3. The zero-order chi connectivity index (χ0) is 11.5. The summed E-state index contributed by atoms with van der Waals surface area (Å²) in [6, 6.07) is 0. The molecule has 0 N–H and O–H groups in total. The highest BCUT2D eigenvalue weighted by atomic mass is 16.6. The third-order valence-electron chi connectivity index (χ3n) is 3.59. The van der Waals surface area contributed by atoms with Gasteiger partial charge in [0.25, 0.3) is 0 Å². The van der Waals surface area contributed by atoms with Gasteiger partial charge in [-0.2, -0.15) is 0 Å². The van der Waals surface area contributed by atoms with Crippen LogP contribution < -0.4 is 0 Å². The second-order valence-corrected chi connectivity index (χ2v) is 4.65. The average Bonchev–Trinajstić information content (AvgIpc) is 2.29. The highest BCUT2D eigenvalue weighted by Crippen LogP contribution is 2.29. The van der Waals surface area contributed by atoms with E-state index >= 15 is 0 Å². The molecule has 0 spiro atoms. The number of ketones is 1. The zero-order valence-electron chi connectivity index (χ0n) is 9.98. The van der Waals surface area contributed by atoms with E-state index in [1.807, 2.05) is 0 Å². The molecule has 0 bridgehead atoms. The second-order valence-electron chi connectivity index (χ2n) is 4.65. The molecule has 0 saturated heterocycles. The standard InChI is InChI=1S/C12H20O4/c1-14-8-4-3-5-9(6-8)16-11-7-10(13)12(11)15-2/h8-9,11-12H,3-7H2,1-2H3. The molecule has 2 saturated carbocycles. The molecule has 0 heterocycles. The zero-order valence-corrected chi connectivity index (χ0v) is 9.98. The van der Waals surface area contributed by atoms with Crippen molar-refractivity contribution in [1.82, 2.24) is 0 Å². The van der Waals surface area contributed by atoms with Crippen molar-refractivity contribution in [2.45, 2.75) is 56.5 Å². The molecule has 92 valence electrons. The summed E-state index contributed by atoms with van der Waals surface area (Å²) in [5.41, 5.74) is 0. The lowest BCUT2D eigenvalue weighted by Crippen LogP contribution is -2.51. The summed E-state index contributed by atoms with van der Waals surface area (Å²) in [6.07, 6.45) is 4.96. The van der Waals surface area contributed by atoms with E-state index in [-0.39, 0.29) is 24.1 Å². The molecule has 0 aromatic rings. The van der Waals surface area contributed by atoms with Crippen molar-refractivity contribution in [1.29, 1.82) is 0 Å². The molecule has 4 heteroatoms. The topological polar surface area (TPSA) is 44.8 Å². The van der Waals surface area contributed by atoms with Gasteiger partial charge in [0.1, 0.15) is 6.10 Å². The van der Waals surface area contributed by atoms with Crippen molar-refractivity contribution in [3.8, 4) is 0 Å². The number of methoxy groups -OCH3 is 2. The first-order valence-electron chi connectivity index (χ1n) is 5.98. The third kappa shape index (κ3) is 2.44. The third-order valence-corrected chi connectivity index (χ3v) is 3.59. The van der Waals surface area contributed by atoms with Crippen LogP contribution in [0, 0.1) is 0 Å². The van der Waals surface area contributed by atoms with Gasteiger partial charge < -0.3 is 14.2 Å². The van der Waals surface area contributed by atoms with Gasteiger partial charge in [0.05, 0.1) is 18.3 Å². The summed E-state index contributed by atoms with van der Waals surface area (Å²) in [7, 11) is 3.31. The Morgan fingerprint density at radius 1 is 1.12 bits per heavy atom. The monoisotopic (exact) mass is 228 g/mol. The minimum atomic E-state index is -0.331. The Balaban J connectivity index is 1.79. The van der Waals surface area contributed by atoms with Crippen LogP contribution in [0.15, 0.2) is 0 Å². The van der Waals surface area contributed by atoms with Gasteiger partial charge in [-0.25, -0.2) is 0 Å². The van der Waals surface area contributed by atoms with Crippen molar-refractivity contribution >= 4 is 5.78 Å². The first-order chi connectivity index (χ1) is 7.74. The smallest absolute Gasteiger partial charge is 0.166 e. The Labute approximate surface area is 96.2 Å². The van der Waals surface area contributed by atoms with E-state index in [1.54, 1.807) is 14.2 Å². The SMILES string of the molecule is COC1CCCC(OC2CC(=O)C2OC)C1. The Morgan fingerprint density at radius 3 is 2.50 bits per heavy atom. The summed E-state index contributed by atoms with van der Waals surface area (Å²) < 4.78 is 16.4. The number of rotatable bonds is 4. The molecular weight excluding hydrogens is 208 g/mol. The number of carbonyl (C=O) groups excluding carboxylic acids is 1. The van der Waals surface area contributed by atoms with E-state index in [1.165, 1.54) is 0 Å². The quantitative estimate of drug-likeness (QED) is 0.728. The Bertz CT molecular complexity index is 253. The average molecular weight is 228 g/mol. The molecule has 0 radical (unpaired) electrons. The fourth-order valence-electron chi connectivity index (χ4n) is 2.56. The fraction of sp³-hybridized carbons (Fsp3) is 0.917. The van der Waals surface area contributed by atoms with Crippen LogP contribution in [0.4, 0.5) is 0 Å². The summed E-state index contributed by atoms with van der Waals surface area (Å²) in [6.45, 7) is 0. The van der Waals surface area contributed by atoms with Crippen molar-refractivity contribution in [2.24, 2.45) is 0 Å². The minimum absolute atomic E-state index is 0.0295. The first-order valence-corrected chi connectivity index (χ1v) is 5.98. The van der Waals surface area contributed by atoms with E-state index in [0.717, 1.165) is 25.7 Å². The van der Waals surface area contributed by atoms with Crippen LogP contribution in [0.2, 0.25) is 0 Å². The maximum Gasteiger partial charge on any atom is 0.166 e. The lowest BCUT2D eigenvalue weighted by atomic mass is 9.88. The predicted molar refractivity (Wildman–Crippen MR) is 58.3 cm³/mol. The molecule has 4 nitrogen and oxygen atoms in total. The van der Waals surface area contributed by atoms with E-state index in [2.05, 4.69) is 0 Å². The first kappa shape index (κ1) is 12.0. The van der Waals surface area contributed by atoms with Gasteiger partial charge >= 0.3 is 0 Å². The number of Topliss-reactive ketones (excluding diaryl/α,β-unsaturated/α-hetero) is 1. The number of carbonyl (C=O) groups is 1. The van der Waals surface area contributed by atoms with Gasteiger partial charge in [0.2, 0.25) is 0 Å². The fourth-order valence-corrected chi connectivity index (χ4v) is 2.56. The lowest BCUT2D eigenvalue weighted by Gasteiger charge is -2.38. The second kappa shape index (κ2) is 5.25. The van der Waals surface area contributed by atoms with Gasteiger partial charge in [-0.3, -0.25) is 4.79 Å². The van der Waals surface area contributed by atoms with Crippen molar-refractivity contribution in [2.75, 3.05) is 14.2 Å². The Morgan fingerprint density at radius 2 is 1.88 bits per heavy atom. The molecule has 0 aliphatic heterocycles. The van der Waals surface area contributed by atoms with E-state index < -0.39 is 0 Å². The van der Waals surface area contributed by atoms with Crippen LogP contribution in [0.25, 0.3) is 0 Å². The molecular formula is C12H20O4. The van der Waals surface area contributed by atoms with Crippen LogP contribution >= 0.6 is 0 Å². The Kier molecular flexibility index (Phi) is 3.95. The van der Waals surface area contributed by atoms with Crippen LogP contribution in [-0.2, 0) is 19.0 Å². The normalized spacial score (nSPS) is 39.5. The van der Waals surface area contributed by atoms with Crippen LogP contribution in [-0.4, -0.2) is 44.4 Å². The number of hydrogen-bond donors (Lipinski definition) is 0. The molecule has 2 fully saturated rings. The van der Waals surface area contributed by atoms with Gasteiger partial charge in [-0.1, -0.05) is 0 Å². The minimum Gasteiger partial charge on any atom is -0.381 e. The summed E-state index contributed by atoms with van der Waals surface area (Å²) in [5.74, 6) is 0.159. The molecule has 0 aromatic carbocycles. The maximum absolute atomic E-state index is 11.2. The van der Waals surface area contributed by atoms with Crippen molar-refractivity contribution < 1.29 is 19.0 Å². The lowest BCUT2D eigenvalue weighted by molar-refractivity contribution is -0.174. The van der Waals surface area contributed by atoms with Gasteiger partial charge in [-0.05, 0) is 25.7 Å². The van der Waals surface area contributed by atoms with Gasteiger partial charge in [-0.15, -0.1) is 0 Å². The van der Waals surface area contributed by atoms with E-state index in [0.29, 0.717) is 12.5 Å². The predicted octanol–water partition coefficient (Wildman–Crippen LogP) is 1.32. The Hall–Kier alpha value is -0.450.